The van der Waals surface area contributed by atoms with E-state index in [0.717, 1.165) is 11.0 Å². The zero-order valence-electron chi connectivity index (χ0n) is 10.1. The zero-order chi connectivity index (χ0) is 13.2. The molecule has 96 valence electrons. The van der Waals surface area contributed by atoms with Crippen LogP contribution in [0.2, 0.25) is 0 Å². The van der Waals surface area contributed by atoms with Gasteiger partial charge in [0, 0.05) is 12.4 Å². The minimum absolute atomic E-state index is 0.00190. The number of aryl methyl sites for hydroxylation is 1. The van der Waals surface area contributed by atoms with Gasteiger partial charge in [0.2, 0.25) is 5.16 Å². The van der Waals surface area contributed by atoms with E-state index >= 15 is 0 Å². The van der Waals surface area contributed by atoms with Gasteiger partial charge in [-0.3, -0.25) is 4.79 Å². The van der Waals surface area contributed by atoms with Gasteiger partial charge in [-0.2, -0.15) is 0 Å². The fourth-order valence-corrected chi connectivity index (χ4v) is 2.48. The minimum atomic E-state index is -0.00190. The summed E-state index contributed by atoms with van der Waals surface area (Å²) < 4.78 is 6.89. The molecule has 0 atom stereocenters. The number of Topliss-reactive ketones (excluding diaryl/α,β-unsaturated/α-hetero) is 1. The second-order valence-electron chi connectivity index (χ2n) is 3.94. The van der Waals surface area contributed by atoms with Gasteiger partial charge in [-0.1, -0.05) is 30.0 Å². The van der Waals surface area contributed by atoms with Gasteiger partial charge in [-0.25, -0.2) is 4.68 Å². The highest BCUT2D eigenvalue weighted by Crippen LogP contribution is 2.23. The quantitative estimate of drug-likeness (QED) is 0.534. The lowest BCUT2D eigenvalue weighted by atomic mass is 10.1. The van der Waals surface area contributed by atoms with E-state index in [2.05, 4.69) is 15.5 Å². The summed E-state index contributed by atoms with van der Waals surface area (Å²) in [6.07, 6.45) is 1.50. The van der Waals surface area contributed by atoms with Crippen LogP contribution in [0.3, 0.4) is 0 Å². The number of carbonyl (C=O) groups is 1. The number of rotatable bonds is 4. The van der Waals surface area contributed by atoms with Crippen LogP contribution < -0.4 is 0 Å². The van der Waals surface area contributed by atoms with Crippen LogP contribution in [0.25, 0.3) is 11.0 Å². The molecule has 7 heteroatoms. The summed E-state index contributed by atoms with van der Waals surface area (Å²) >= 11 is 1.30. The highest BCUT2D eigenvalue weighted by atomic mass is 32.2. The fourth-order valence-electron chi connectivity index (χ4n) is 1.75. The summed E-state index contributed by atoms with van der Waals surface area (Å²) in [6, 6.07) is 7.47. The largest absolute Gasteiger partial charge is 0.464 e. The van der Waals surface area contributed by atoms with Gasteiger partial charge in [-0.05, 0) is 16.5 Å². The predicted molar refractivity (Wildman–Crippen MR) is 70.1 cm³/mol. The molecule has 0 spiro atoms. The van der Waals surface area contributed by atoms with E-state index in [0.29, 0.717) is 10.7 Å². The molecule has 0 aliphatic rings. The van der Waals surface area contributed by atoms with E-state index in [1.165, 1.54) is 22.7 Å². The Kier molecular flexibility index (Phi) is 3.04. The first-order valence-corrected chi connectivity index (χ1v) is 6.59. The number of fused-ring (bicyclic) bond motifs is 1. The second-order valence-corrected chi connectivity index (χ2v) is 4.88. The molecule has 0 fully saturated rings. The first-order chi connectivity index (χ1) is 9.25. The molecule has 3 aromatic rings. The normalized spacial score (nSPS) is 11.0. The number of para-hydroxylation sites is 1. The standard InChI is InChI=1S/C12H10N4O2S/c1-16-12(13-14-15-16)19-7-10(17)9-6-18-11-5-3-2-4-8(9)11/h2-6H,7H2,1H3. The van der Waals surface area contributed by atoms with Crippen molar-refractivity contribution in [3.8, 4) is 0 Å². The maximum atomic E-state index is 12.2. The van der Waals surface area contributed by atoms with Crippen LogP contribution in [-0.4, -0.2) is 31.7 Å². The molecule has 0 N–H and O–H groups in total. The Bertz CT molecular complexity index is 734. The molecule has 1 aromatic carbocycles. The summed E-state index contributed by atoms with van der Waals surface area (Å²) in [5, 5.41) is 12.5. The van der Waals surface area contributed by atoms with Crippen molar-refractivity contribution in [2.75, 3.05) is 5.75 Å². The molecule has 0 saturated heterocycles. The lowest BCUT2D eigenvalue weighted by molar-refractivity contribution is 0.102. The van der Waals surface area contributed by atoms with E-state index in [9.17, 15) is 4.79 Å². The molecular formula is C12H10N4O2S. The Balaban J connectivity index is 1.79. The molecule has 0 saturated carbocycles. The molecule has 0 bridgehead atoms. The molecule has 0 amide bonds. The van der Waals surface area contributed by atoms with Crippen molar-refractivity contribution in [3.05, 3.63) is 36.1 Å². The molecule has 0 aliphatic carbocycles. The number of furan rings is 1. The van der Waals surface area contributed by atoms with Gasteiger partial charge >= 0.3 is 0 Å². The molecule has 2 aromatic heterocycles. The maximum absolute atomic E-state index is 12.2. The Labute approximate surface area is 112 Å². The Morgan fingerprint density at radius 1 is 1.42 bits per heavy atom. The number of hydrogen-bond acceptors (Lipinski definition) is 6. The summed E-state index contributed by atoms with van der Waals surface area (Å²) in [6.45, 7) is 0. The average molecular weight is 274 g/mol. The number of benzene rings is 1. The van der Waals surface area contributed by atoms with Crippen LogP contribution in [0.1, 0.15) is 10.4 Å². The van der Waals surface area contributed by atoms with Crippen LogP contribution in [0.4, 0.5) is 0 Å². The molecular weight excluding hydrogens is 264 g/mol. The molecule has 6 nitrogen and oxygen atoms in total. The van der Waals surface area contributed by atoms with Gasteiger partial charge in [0.05, 0.1) is 11.3 Å². The summed E-state index contributed by atoms with van der Waals surface area (Å²) in [7, 11) is 1.74. The monoisotopic (exact) mass is 274 g/mol. The number of nitrogens with zero attached hydrogens (tertiary/aromatic N) is 4. The number of tetrazole rings is 1. The van der Waals surface area contributed by atoms with E-state index in [1.807, 2.05) is 24.3 Å². The number of ketones is 1. The van der Waals surface area contributed by atoms with Crippen LogP contribution in [0.15, 0.2) is 40.1 Å². The topological polar surface area (TPSA) is 73.8 Å². The van der Waals surface area contributed by atoms with Crippen molar-refractivity contribution in [1.29, 1.82) is 0 Å². The van der Waals surface area contributed by atoms with Crippen molar-refractivity contribution < 1.29 is 9.21 Å². The Morgan fingerprint density at radius 2 is 2.26 bits per heavy atom. The van der Waals surface area contributed by atoms with E-state index in [1.54, 1.807) is 7.05 Å². The molecule has 2 heterocycles. The first kappa shape index (κ1) is 11.9. The number of hydrogen-bond donors (Lipinski definition) is 0. The second kappa shape index (κ2) is 4.85. The highest BCUT2D eigenvalue weighted by molar-refractivity contribution is 7.99. The van der Waals surface area contributed by atoms with Crippen molar-refractivity contribution in [1.82, 2.24) is 20.2 Å². The van der Waals surface area contributed by atoms with Crippen LogP contribution in [-0.2, 0) is 7.05 Å². The summed E-state index contributed by atoms with van der Waals surface area (Å²) in [5.74, 6) is 0.274. The van der Waals surface area contributed by atoms with Crippen LogP contribution in [0, 0.1) is 0 Å². The van der Waals surface area contributed by atoms with E-state index in [-0.39, 0.29) is 11.5 Å². The average Bonchev–Trinajstić information content (AvgIpc) is 3.02. The molecule has 0 unspecified atom stereocenters. The number of aromatic nitrogens is 4. The summed E-state index contributed by atoms with van der Waals surface area (Å²) in [4.78, 5) is 12.2. The Hall–Kier alpha value is -2.15. The summed E-state index contributed by atoms with van der Waals surface area (Å²) in [5.41, 5.74) is 1.31. The minimum Gasteiger partial charge on any atom is -0.464 e. The van der Waals surface area contributed by atoms with Crippen molar-refractivity contribution in [2.24, 2.45) is 7.05 Å². The SMILES string of the molecule is Cn1nnnc1SCC(=O)c1coc2ccccc12. The first-order valence-electron chi connectivity index (χ1n) is 5.60. The highest BCUT2D eigenvalue weighted by Gasteiger charge is 2.15. The van der Waals surface area contributed by atoms with Crippen LogP contribution in [0.5, 0.6) is 0 Å². The number of thioether (sulfide) groups is 1. The number of carbonyl (C=O) groups excluding carboxylic acids is 1. The van der Waals surface area contributed by atoms with Gasteiger partial charge < -0.3 is 4.42 Å². The molecule has 0 radical (unpaired) electrons. The lowest BCUT2D eigenvalue weighted by Crippen LogP contribution is -2.03. The third-order valence-corrected chi connectivity index (χ3v) is 3.71. The van der Waals surface area contributed by atoms with Crippen molar-refractivity contribution in [2.45, 2.75) is 5.16 Å². The third kappa shape index (κ3) is 2.24. The van der Waals surface area contributed by atoms with Gasteiger partial charge in [0.1, 0.15) is 11.8 Å². The molecule has 3 rings (SSSR count). The van der Waals surface area contributed by atoms with Gasteiger partial charge in [-0.15, -0.1) is 5.10 Å². The lowest BCUT2D eigenvalue weighted by Gasteiger charge is -1.98. The molecule has 0 aliphatic heterocycles. The van der Waals surface area contributed by atoms with Crippen molar-refractivity contribution >= 4 is 28.5 Å². The smallest absolute Gasteiger partial charge is 0.209 e. The third-order valence-electron chi connectivity index (χ3n) is 2.70. The van der Waals surface area contributed by atoms with Crippen molar-refractivity contribution in [3.63, 3.8) is 0 Å². The van der Waals surface area contributed by atoms with Gasteiger partial charge in [0.25, 0.3) is 0 Å². The van der Waals surface area contributed by atoms with Gasteiger partial charge in [0.15, 0.2) is 5.78 Å². The predicted octanol–water partition coefficient (Wildman–Crippen LogP) is 1.93. The van der Waals surface area contributed by atoms with Crippen LogP contribution >= 0.6 is 11.8 Å². The molecule has 19 heavy (non-hydrogen) atoms. The zero-order valence-corrected chi connectivity index (χ0v) is 10.9. The maximum Gasteiger partial charge on any atom is 0.209 e. The van der Waals surface area contributed by atoms with E-state index in [4.69, 9.17) is 4.42 Å². The fraction of sp³-hybridized carbons (Fsp3) is 0.167. The Morgan fingerprint density at radius 3 is 3.05 bits per heavy atom. The van der Waals surface area contributed by atoms with E-state index < -0.39 is 0 Å².